The maximum atomic E-state index is 5.70. The molecule has 1 aromatic rings. The topological polar surface area (TPSA) is 21.6 Å². The maximum absolute atomic E-state index is 5.70. The van der Waals surface area contributed by atoms with Crippen LogP contribution in [0.4, 0.5) is 0 Å². The molecule has 0 amide bonds. The third-order valence-electron chi connectivity index (χ3n) is 2.44. The molecule has 1 heterocycles. The number of hydrogen-bond acceptors (Lipinski definition) is 2. The lowest BCUT2D eigenvalue weighted by atomic mass is 10.0. The molecule has 0 aromatic heterocycles. The Hall–Kier alpha value is -0.700. The first kappa shape index (κ1) is 12.7. The zero-order valence-corrected chi connectivity index (χ0v) is 11.1. The monoisotopic (exact) mass is 289 g/mol. The fourth-order valence-corrected chi connectivity index (χ4v) is 1.86. The van der Waals surface area contributed by atoms with E-state index in [1.54, 1.807) is 0 Å². The second-order valence-corrected chi connectivity index (χ2v) is 5.93. The largest absolute Gasteiger partial charge is 0.475 e. The summed E-state index contributed by atoms with van der Waals surface area (Å²) in [4.78, 5) is 4.23. The van der Waals surface area contributed by atoms with Gasteiger partial charge in [0.2, 0.25) is 5.90 Å². The zero-order valence-electron chi connectivity index (χ0n) is 8.87. The van der Waals surface area contributed by atoms with E-state index in [2.05, 4.69) is 11.6 Å². The lowest BCUT2D eigenvalue weighted by molar-refractivity contribution is 0.328. The molecule has 0 saturated heterocycles. The van der Waals surface area contributed by atoms with Crippen molar-refractivity contribution in [3.63, 3.8) is 0 Å². The second kappa shape index (κ2) is 4.89. The highest BCUT2D eigenvalue weighted by Gasteiger charge is 2.36. The number of halogens is 3. The highest BCUT2D eigenvalue weighted by atomic mass is 35.6. The average molecular weight is 291 g/mol. The van der Waals surface area contributed by atoms with E-state index >= 15 is 0 Å². The van der Waals surface area contributed by atoms with Gasteiger partial charge in [0.05, 0.1) is 0 Å². The minimum absolute atomic E-state index is 0.129. The molecule has 0 radical (unpaired) electrons. The van der Waals surface area contributed by atoms with Gasteiger partial charge in [-0.3, -0.25) is 0 Å². The molecule has 1 aromatic carbocycles. The smallest absolute Gasteiger partial charge is 0.266 e. The number of alkyl halides is 3. The number of benzene rings is 1. The summed E-state index contributed by atoms with van der Waals surface area (Å²) in [6, 6.07) is 9.56. The molecule has 1 unspecified atom stereocenters. The summed E-state index contributed by atoms with van der Waals surface area (Å²) in [6.07, 6.45) is 0. The Labute approximate surface area is 115 Å². The summed E-state index contributed by atoms with van der Waals surface area (Å²) in [5.41, 5.74) is 1.87. The van der Waals surface area contributed by atoms with Crippen molar-refractivity contribution in [1.82, 2.24) is 0 Å². The summed E-state index contributed by atoms with van der Waals surface area (Å²) in [5.74, 6) is 0.129. The van der Waals surface area contributed by atoms with Crippen molar-refractivity contribution in [2.45, 2.75) is 9.83 Å². The van der Waals surface area contributed by atoms with Crippen LogP contribution in [0.2, 0.25) is 0 Å². The Balaban J connectivity index is 2.17. The van der Waals surface area contributed by atoms with Gasteiger partial charge in [0, 0.05) is 0 Å². The van der Waals surface area contributed by atoms with Crippen LogP contribution in [0.3, 0.4) is 0 Å². The Kier molecular flexibility index (Phi) is 3.67. The Morgan fingerprint density at radius 3 is 2.47 bits per heavy atom. The molecule has 0 N–H and O–H groups in total. The maximum Gasteiger partial charge on any atom is 0.266 e. The van der Waals surface area contributed by atoms with E-state index in [9.17, 15) is 0 Å². The molecule has 2 rings (SSSR count). The predicted octanol–water partition coefficient (Wildman–Crippen LogP) is 3.87. The van der Waals surface area contributed by atoms with E-state index in [4.69, 9.17) is 39.5 Å². The number of aliphatic imine (C=N–C) groups is 1. The van der Waals surface area contributed by atoms with Gasteiger partial charge in [-0.1, -0.05) is 71.7 Å². The van der Waals surface area contributed by atoms with E-state index in [-0.39, 0.29) is 11.9 Å². The van der Waals surface area contributed by atoms with E-state index in [1.165, 1.54) is 0 Å². The summed E-state index contributed by atoms with van der Waals surface area (Å²) >= 11 is 17.1. The van der Waals surface area contributed by atoms with Gasteiger partial charge in [-0.05, 0) is 11.1 Å². The van der Waals surface area contributed by atoms with Crippen LogP contribution < -0.4 is 0 Å². The first-order valence-electron chi connectivity index (χ1n) is 5.00. The normalized spacial score (nSPS) is 19.7. The number of rotatable bonds is 2. The summed E-state index contributed by atoms with van der Waals surface area (Å²) in [5, 5.41) is 0. The zero-order chi connectivity index (χ0) is 12.5. The molecule has 0 saturated carbocycles. The highest BCUT2D eigenvalue weighted by Crippen LogP contribution is 2.33. The Bertz CT molecular complexity index is 451. The van der Waals surface area contributed by atoms with Gasteiger partial charge in [-0.15, -0.1) is 0 Å². The fourth-order valence-electron chi connectivity index (χ4n) is 1.55. The van der Waals surface area contributed by atoms with Gasteiger partial charge in [0.25, 0.3) is 3.79 Å². The van der Waals surface area contributed by atoms with Crippen LogP contribution in [0.25, 0.3) is 5.57 Å². The number of nitrogens with zero attached hydrogens (tertiary/aromatic N) is 1. The van der Waals surface area contributed by atoms with Crippen LogP contribution in [-0.4, -0.2) is 22.3 Å². The third kappa shape index (κ3) is 2.95. The van der Waals surface area contributed by atoms with Gasteiger partial charge < -0.3 is 4.74 Å². The van der Waals surface area contributed by atoms with Crippen molar-refractivity contribution in [2.24, 2.45) is 4.99 Å². The molecule has 1 aliphatic rings. The van der Waals surface area contributed by atoms with Gasteiger partial charge in [0.15, 0.2) is 0 Å². The number of hydrogen-bond donors (Lipinski definition) is 0. The molecule has 5 heteroatoms. The lowest BCUT2D eigenvalue weighted by Gasteiger charge is -2.08. The summed E-state index contributed by atoms with van der Waals surface area (Å²) in [7, 11) is 0. The van der Waals surface area contributed by atoms with Crippen molar-refractivity contribution >= 4 is 46.3 Å². The molecule has 17 heavy (non-hydrogen) atoms. The van der Waals surface area contributed by atoms with E-state index < -0.39 is 3.79 Å². The van der Waals surface area contributed by atoms with Crippen LogP contribution in [-0.2, 0) is 4.74 Å². The van der Waals surface area contributed by atoms with E-state index in [0.717, 1.165) is 11.1 Å². The minimum Gasteiger partial charge on any atom is -0.475 e. The first-order valence-corrected chi connectivity index (χ1v) is 6.14. The predicted molar refractivity (Wildman–Crippen MR) is 72.9 cm³/mol. The van der Waals surface area contributed by atoms with Gasteiger partial charge in [-0.25, -0.2) is 4.99 Å². The van der Waals surface area contributed by atoms with Crippen molar-refractivity contribution in [1.29, 1.82) is 0 Å². The van der Waals surface area contributed by atoms with Crippen molar-refractivity contribution in [3.05, 3.63) is 42.5 Å². The molecule has 1 atom stereocenters. The second-order valence-electron chi connectivity index (χ2n) is 3.65. The fraction of sp³-hybridized carbons (Fsp3) is 0.250. The Morgan fingerprint density at radius 1 is 1.29 bits per heavy atom. The quantitative estimate of drug-likeness (QED) is 0.758. The van der Waals surface area contributed by atoms with Gasteiger partial charge in [0.1, 0.15) is 12.6 Å². The molecule has 2 nitrogen and oxygen atoms in total. The molecule has 0 fully saturated rings. The average Bonchev–Trinajstić information content (AvgIpc) is 2.78. The van der Waals surface area contributed by atoms with Crippen LogP contribution in [0.1, 0.15) is 5.56 Å². The third-order valence-corrected chi connectivity index (χ3v) is 2.93. The highest BCUT2D eigenvalue weighted by molar-refractivity contribution is 6.76. The molecule has 0 spiro atoms. The molecule has 0 bridgehead atoms. The van der Waals surface area contributed by atoms with Crippen molar-refractivity contribution in [3.8, 4) is 0 Å². The Morgan fingerprint density at radius 2 is 1.94 bits per heavy atom. The van der Waals surface area contributed by atoms with Crippen LogP contribution in [0.5, 0.6) is 0 Å². The van der Waals surface area contributed by atoms with E-state index in [1.807, 2.05) is 30.3 Å². The van der Waals surface area contributed by atoms with Crippen molar-refractivity contribution < 1.29 is 4.74 Å². The first-order chi connectivity index (χ1) is 7.98. The molecular weight excluding hydrogens is 280 g/mol. The van der Waals surface area contributed by atoms with Crippen LogP contribution in [0.15, 0.2) is 41.9 Å². The summed E-state index contributed by atoms with van der Waals surface area (Å²) < 4.78 is 3.66. The van der Waals surface area contributed by atoms with Crippen LogP contribution >= 0.6 is 34.8 Å². The van der Waals surface area contributed by atoms with Gasteiger partial charge >= 0.3 is 0 Å². The van der Waals surface area contributed by atoms with E-state index in [0.29, 0.717) is 6.61 Å². The lowest BCUT2D eigenvalue weighted by Crippen LogP contribution is -2.18. The van der Waals surface area contributed by atoms with Gasteiger partial charge in [-0.2, -0.15) is 0 Å². The molecular formula is C12H10Cl3NO. The summed E-state index contributed by atoms with van der Waals surface area (Å²) in [6.45, 7) is 4.37. The molecule has 90 valence electrons. The van der Waals surface area contributed by atoms with Crippen molar-refractivity contribution in [2.75, 3.05) is 6.61 Å². The standard InChI is InChI=1S/C12H10Cl3NO/c1-8(9-5-3-2-4-6-9)10-7-17-11(16-10)12(13,14)15/h2-6,10H,1,7H2. The molecule has 1 aliphatic heterocycles. The number of ether oxygens (including phenoxy) is 1. The minimum atomic E-state index is -1.61. The molecule has 0 aliphatic carbocycles. The SMILES string of the molecule is C=C(c1ccccc1)C1COC(C(Cl)(Cl)Cl)=N1. The van der Waals surface area contributed by atoms with Crippen LogP contribution in [0, 0.1) is 0 Å².